The molecule has 0 amide bonds. The predicted molar refractivity (Wildman–Crippen MR) is 80.7 cm³/mol. The molecule has 1 fully saturated rings. The molecular weight excluding hydrogens is 270 g/mol. The van der Waals surface area contributed by atoms with Gasteiger partial charge in [0.1, 0.15) is 0 Å². The summed E-state index contributed by atoms with van der Waals surface area (Å²) in [5.74, 6) is 0.545. The van der Waals surface area contributed by atoms with E-state index >= 15 is 0 Å². The summed E-state index contributed by atoms with van der Waals surface area (Å²) < 4.78 is 7.87. The summed E-state index contributed by atoms with van der Waals surface area (Å²) in [6.45, 7) is 5.81. The van der Waals surface area contributed by atoms with E-state index in [1.165, 1.54) is 11.1 Å². The Labute approximate surface area is 123 Å². The third-order valence-corrected chi connectivity index (χ3v) is 4.57. The number of nitrogens with one attached hydrogen (secondary N) is 1. The molecule has 20 heavy (non-hydrogen) atoms. The van der Waals surface area contributed by atoms with Crippen LogP contribution in [0.1, 0.15) is 30.6 Å². The molecule has 1 aliphatic heterocycles. The monoisotopic (exact) mass is 291 g/mol. The second-order valence-corrected chi connectivity index (χ2v) is 6.01. The van der Waals surface area contributed by atoms with Crippen molar-refractivity contribution in [2.45, 2.75) is 32.5 Å². The van der Waals surface area contributed by atoms with E-state index in [1.54, 1.807) is 11.3 Å². The van der Waals surface area contributed by atoms with Crippen molar-refractivity contribution in [3.8, 4) is 0 Å². The largest absolute Gasteiger partial charge is 0.373 e. The van der Waals surface area contributed by atoms with Crippen LogP contribution in [0, 0.1) is 5.92 Å². The Balaban J connectivity index is 1.55. The van der Waals surface area contributed by atoms with Crippen molar-refractivity contribution in [1.29, 1.82) is 0 Å². The number of thiophene rings is 1. The number of hydrogen-bond acceptors (Lipinski definition) is 4. The second-order valence-electron chi connectivity index (χ2n) is 5.23. The second kappa shape index (κ2) is 6.52. The molecular formula is C15H21N3OS. The summed E-state index contributed by atoms with van der Waals surface area (Å²) in [5, 5.41) is 12.2. The minimum absolute atomic E-state index is 0.199. The van der Waals surface area contributed by atoms with Crippen molar-refractivity contribution >= 4 is 11.3 Å². The van der Waals surface area contributed by atoms with Crippen molar-refractivity contribution in [1.82, 2.24) is 15.1 Å². The lowest BCUT2D eigenvalue weighted by atomic mass is 9.97. The van der Waals surface area contributed by atoms with E-state index < -0.39 is 0 Å². The van der Waals surface area contributed by atoms with Gasteiger partial charge in [0.15, 0.2) is 0 Å². The van der Waals surface area contributed by atoms with Gasteiger partial charge in [-0.3, -0.25) is 4.68 Å². The maximum absolute atomic E-state index is 5.91. The number of ether oxygens (including phenoxy) is 1. The smallest absolute Gasteiger partial charge is 0.0896 e. The summed E-state index contributed by atoms with van der Waals surface area (Å²) in [5.41, 5.74) is 2.58. The molecule has 1 aliphatic rings. The van der Waals surface area contributed by atoms with Gasteiger partial charge in [0.25, 0.3) is 0 Å². The van der Waals surface area contributed by atoms with Crippen molar-refractivity contribution in [3.63, 3.8) is 0 Å². The van der Waals surface area contributed by atoms with Gasteiger partial charge in [0, 0.05) is 43.9 Å². The Kier molecular flexibility index (Phi) is 4.50. The average molecular weight is 291 g/mol. The normalized spacial score (nSPS) is 22.4. The van der Waals surface area contributed by atoms with Crippen LogP contribution >= 0.6 is 11.3 Å². The lowest BCUT2D eigenvalue weighted by Gasteiger charge is -2.17. The van der Waals surface area contributed by atoms with Crippen LogP contribution in [0.3, 0.4) is 0 Å². The molecule has 3 heterocycles. The van der Waals surface area contributed by atoms with E-state index in [0.29, 0.717) is 5.92 Å². The molecule has 0 aromatic carbocycles. The molecule has 0 bridgehead atoms. The van der Waals surface area contributed by atoms with Crippen molar-refractivity contribution in [2.24, 2.45) is 5.92 Å². The molecule has 1 N–H and O–H groups in total. The highest BCUT2D eigenvalue weighted by molar-refractivity contribution is 7.07. The van der Waals surface area contributed by atoms with Crippen molar-refractivity contribution in [2.75, 3.05) is 13.2 Å². The van der Waals surface area contributed by atoms with Crippen LogP contribution in [0.4, 0.5) is 0 Å². The summed E-state index contributed by atoms with van der Waals surface area (Å²) in [6.07, 6.45) is 5.39. The summed E-state index contributed by atoms with van der Waals surface area (Å²) in [4.78, 5) is 0. The molecule has 4 nitrogen and oxygen atoms in total. The molecule has 3 rings (SSSR count). The van der Waals surface area contributed by atoms with Gasteiger partial charge >= 0.3 is 0 Å². The van der Waals surface area contributed by atoms with Crippen molar-refractivity contribution < 1.29 is 4.74 Å². The van der Waals surface area contributed by atoms with Gasteiger partial charge in [-0.2, -0.15) is 16.4 Å². The Bertz CT molecular complexity index is 523. The molecule has 108 valence electrons. The highest BCUT2D eigenvalue weighted by atomic mass is 32.1. The summed E-state index contributed by atoms with van der Waals surface area (Å²) >= 11 is 1.75. The lowest BCUT2D eigenvalue weighted by Crippen LogP contribution is -2.24. The highest BCUT2D eigenvalue weighted by Gasteiger charge is 2.30. The quantitative estimate of drug-likeness (QED) is 0.889. The molecule has 2 aromatic rings. The number of hydrogen-bond donors (Lipinski definition) is 1. The van der Waals surface area contributed by atoms with Crippen LogP contribution in [0.15, 0.2) is 29.2 Å². The minimum atomic E-state index is 0.199. The number of aryl methyl sites for hydroxylation is 1. The molecule has 2 atom stereocenters. The first kappa shape index (κ1) is 13.8. The van der Waals surface area contributed by atoms with Crippen molar-refractivity contribution in [3.05, 3.63) is 40.3 Å². The average Bonchev–Trinajstić information content (AvgIpc) is 3.20. The molecule has 0 saturated carbocycles. The standard InChI is InChI=1S/C15H21N3OS/c1-2-18-10-14(9-17-18)15-13(3-5-19-15)8-16-7-12-4-6-20-11-12/h4,6,9-11,13,15-16H,2-3,5,7-8H2,1H3/t13-,15+/m1/s1. The molecule has 1 saturated heterocycles. The fraction of sp³-hybridized carbons (Fsp3) is 0.533. The first-order valence-electron chi connectivity index (χ1n) is 7.22. The maximum Gasteiger partial charge on any atom is 0.0896 e. The predicted octanol–water partition coefficient (Wildman–Crippen LogP) is 2.83. The minimum Gasteiger partial charge on any atom is -0.373 e. The topological polar surface area (TPSA) is 39.1 Å². The molecule has 5 heteroatoms. The van der Waals surface area contributed by atoms with E-state index in [2.05, 4.69) is 40.4 Å². The summed E-state index contributed by atoms with van der Waals surface area (Å²) in [6, 6.07) is 2.17. The van der Waals surface area contributed by atoms with E-state index in [0.717, 1.165) is 32.7 Å². The zero-order chi connectivity index (χ0) is 13.8. The van der Waals surface area contributed by atoms with Gasteiger partial charge < -0.3 is 10.1 Å². The summed E-state index contributed by atoms with van der Waals surface area (Å²) in [7, 11) is 0. The van der Waals surface area contributed by atoms with Crippen LogP contribution in [0.5, 0.6) is 0 Å². The number of nitrogens with zero attached hydrogens (tertiary/aromatic N) is 2. The number of aromatic nitrogens is 2. The Morgan fingerprint density at radius 3 is 3.25 bits per heavy atom. The van der Waals surface area contributed by atoms with E-state index in [4.69, 9.17) is 4.74 Å². The van der Waals surface area contributed by atoms with Gasteiger partial charge in [-0.05, 0) is 35.7 Å². The molecule has 0 spiro atoms. The van der Waals surface area contributed by atoms with Gasteiger partial charge in [-0.1, -0.05) is 0 Å². The van der Waals surface area contributed by atoms with Gasteiger partial charge in [0.2, 0.25) is 0 Å². The van der Waals surface area contributed by atoms with Crippen LogP contribution in [0.2, 0.25) is 0 Å². The third kappa shape index (κ3) is 3.11. The zero-order valence-electron chi connectivity index (χ0n) is 11.8. The Morgan fingerprint density at radius 2 is 2.50 bits per heavy atom. The molecule has 0 aliphatic carbocycles. The van der Waals surface area contributed by atoms with Crippen LogP contribution < -0.4 is 5.32 Å². The van der Waals surface area contributed by atoms with E-state index in [-0.39, 0.29) is 6.10 Å². The number of rotatable bonds is 6. The molecule has 0 radical (unpaired) electrons. The van der Waals surface area contributed by atoms with Crippen LogP contribution in [-0.2, 0) is 17.8 Å². The van der Waals surface area contributed by atoms with E-state index in [1.807, 2.05) is 10.9 Å². The highest BCUT2D eigenvalue weighted by Crippen LogP contribution is 2.33. The fourth-order valence-electron chi connectivity index (χ4n) is 2.71. The molecule has 0 unspecified atom stereocenters. The Hall–Kier alpha value is -1.17. The Morgan fingerprint density at radius 1 is 1.55 bits per heavy atom. The maximum atomic E-state index is 5.91. The third-order valence-electron chi connectivity index (χ3n) is 3.84. The molecule has 2 aromatic heterocycles. The SMILES string of the molecule is CCn1cc([C@H]2OCC[C@@H]2CNCc2ccsc2)cn1. The fourth-order valence-corrected chi connectivity index (χ4v) is 3.37. The first-order valence-corrected chi connectivity index (χ1v) is 8.17. The van der Waals surface area contributed by atoms with Gasteiger partial charge in [-0.15, -0.1) is 0 Å². The zero-order valence-corrected chi connectivity index (χ0v) is 12.6. The van der Waals surface area contributed by atoms with Gasteiger partial charge in [-0.25, -0.2) is 0 Å². The van der Waals surface area contributed by atoms with Crippen LogP contribution in [0.25, 0.3) is 0 Å². The van der Waals surface area contributed by atoms with Crippen LogP contribution in [-0.4, -0.2) is 22.9 Å². The lowest BCUT2D eigenvalue weighted by molar-refractivity contribution is 0.0904. The first-order chi connectivity index (χ1) is 9.86. The van der Waals surface area contributed by atoms with E-state index in [9.17, 15) is 0 Å². The van der Waals surface area contributed by atoms with Gasteiger partial charge in [0.05, 0.1) is 12.3 Å².